The molecule has 0 saturated heterocycles. The highest BCUT2D eigenvalue weighted by atomic mass is 16.5. The average molecular weight is 129 g/mol. The Bertz CT molecular complexity index is 108. The Kier molecular flexibility index (Phi) is 5.07. The minimum atomic E-state index is 0.137. The van der Waals surface area contributed by atoms with Gasteiger partial charge in [0.1, 0.15) is 6.73 Å². The minimum absolute atomic E-state index is 0.137. The number of hydrogen-bond donors (Lipinski definition) is 0. The summed E-state index contributed by atoms with van der Waals surface area (Å²) < 4.78 is 5.00. The van der Waals surface area contributed by atoms with Crippen LogP contribution < -0.4 is 0 Å². The second-order valence-electron chi connectivity index (χ2n) is 1.76. The molecular weight excluding hydrogens is 118 g/mol. The first kappa shape index (κ1) is 8.34. The molecule has 0 aromatic rings. The van der Waals surface area contributed by atoms with Gasteiger partial charge in [-0.25, -0.2) is 4.79 Å². The fourth-order valence-electron chi connectivity index (χ4n) is 0.309. The Morgan fingerprint density at radius 1 is 1.78 bits per heavy atom. The van der Waals surface area contributed by atoms with Crippen molar-refractivity contribution in [2.24, 2.45) is 4.99 Å². The maximum Gasteiger partial charge on any atom is 0.237 e. The van der Waals surface area contributed by atoms with Gasteiger partial charge in [0.05, 0.1) is 6.10 Å². The third-order valence-electron chi connectivity index (χ3n) is 1.06. The number of isocyanates is 1. The summed E-state index contributed by atoms with van der Waals surface area (Å²) in [4.78, 5) is 12.7. The van der Waals surface area contributed by atoms with Gasteiger partial charge in [0.15, 0.2) is 0 Å². The van der Waals surface area contributed by atoms with Crippen LogP contribution in [0.2, 0.25) is 0 Å². The van der Waals surface area contributed by atoms with E-state index in [9.17, 15) is 4.79 Å². The lowest BCUT2D eigenvalue weighted by atomic mass is 10.3. The predicted octanol–water partition coefficient (Wildman–Crippen LogP) is 1.09. The van der Waals surface area contributed by atoms with Crippen LogP contribution in [0.15, 0.2) is 4.99 Å². The lowest BCUT2D eigenvalue weighted by Crippen LogP contribution is -2.05. The molecule has 0 aromatic heterocycles. The number of nitrogens with zero attached hydrogens (tertiary/aromatic N) is 1. The quantitative estimate of drug-likeness (QED) is 0.421. The maximum atomic E-state index is 9.50. The lowest BCUT2D eigenvalue weighted by molar-refractivity contribution is 0.0698. The maximum absolute atomic E-state index is 9.50. The number of rotatable bonds is 4. The van der Waals surface area contributed by atoms with Crippen molar-refractivity contribution >= 4 is 6.08 Å². The molecule has 0 aliphatic rings. The molecular formula is C6H11NO2. The molecule has 0 aliphatic heterocycles. The molecule has 0 heterocycles. The van der Waals surface area contributed by atoms with Crippen molar-refractivity contribution in [3.63, 3.8) is 0 Å². The first-order valence-electron chi connectivity index (χ1n) is 2.96. The molecule has 0 spiro atoms. The van der Waals surface area contributed by atoms with Crippen LogP contribution in [0, 0.1) is 0 Å². The zero-order valence-electron chi connectivity index (χ0n) is 5.76. The van der Waals surface area contributed by atoms with E-state index in [-0.39, 0.29) is 12.8 Å². The monoisotopic (exact) mass is 129 g/mol. The van der Waals surface area contributed by atoms with Crippen LogP contribution in [-0.2, 0) is 9.53 Å². The van der Waals surface area contributed by atoms with Crippen LogP contribution in [0.1, 0.15) is 20.3 Å². The third-order valence-corrected chi connectivity index (χ3v) is 1.06. The second kappa shape index (κ2) is 5.48. The first-order valence-corrected chi connectivity index (χ1v) is 2.96. The smallest absolute Gasteiger partial charge is 0.237 e. The largest absolute Gasteiger partial charge is 0.355 e. The molecule has 1 atom stereocenters. The van der Waals surface area contributed by atoms with Crippen LogP contribution in [-0.4, -0.2) is 18.9 Å². The van der Waals surface area contributed by atoms with Gasteiger partial charge in [0.2, 0.25) is 6.08 Å². The zero-order chi connectivity index (χ0) is 7.11. The predicted molar refractivity (Wildman–Crippen MR) is 33.8 cm³/mol. The van der Waals surface area contributed by atoms with Gasteiger partial charge in [-0.2, -0.15) is 4.99 Å². The summed E-state index contributed by atoms with van der Waals surface area (Å²) in [6.07, 6.45) is 2.52. The van der Waals surface area contributed by atoms with Crippen molar-refractivity contribution < 1.29 is 9.53 Å². The van der Waals surface area contributed by atoms with Gasteiger partial charge in [0, 0.05) is 0 Å². The molecule has 0 amide bonds. The van der Waals surface area contributed by atoms with Gasteiger partial charge >= 0.3 is 0 Å². The molecule has 0 aliphatic carbocycles. The number of ether oxygens (including phenoxy) is 1. The van der Waals surface area contributed by atoms with E-state index < -0.39 is 0 Å². The molecule has 0 rings (SSSR count). The fraction of sp³-hybridized carbons (Fsp3) is 0.833. The lowest BCUT2D eigenvalue weighted by Gasteiger charge is -2.05. The first-order chi connectivity index (χ1) is 4.31. The fourth-order valence-corrected chi connectivity index (χ4v) is 0.309. The summed E-state index contributed by atoms with van der Waals surface area (Å²) in [7, 11) is 0. The normalized spacial score (nSPS) is 12.2. The van der Waals surface area contributed by atoms with Gasteiger partial charge in [-0.15, -0.1) is 0 Å². The van der Waals surface area contributed by atoms with Gasteiger partial charge in [-0.1, -0.05) is 6.92 Å². The molecule has 1 unspecified atom stereocenters. The summed E-state index contributed by atoms with van der Waals surface area (Å²) in [5, 5.41) is 0. The third kappa shape index (κ3) is 5.21. The molecule has 52 valence electrons. The summed E-state index contributed by atoms with van der Waals surface area (Å²) in [5.74, 6) is 0. The summed E-state index contributed by atoms with van der Waals surface area (Å²) in [5.41, 5.74) is 0. The van der Waals surface area contributed by atoms with Crippen LogP contribution in [0.25, 0.3) is 0 Å². The second-order valence-corrected chi connectivity index (χ2v) is 1.76. The Morgan fingerprint density at radius 2 is 2.44 bits per heavy atom. The van der Waals surface area contributed by atoms with Crippen molar-refractivity contribution in [1.29, 1.82) is 0 Å². The van der Waals surface area contributed by atoms with Crippen molar-refractivity contribution in [3.05, 3.63) is 0 Å². The SMILES string of the molecule is CCC(C)OCN=C=O. The zero-order valence-corrected chi connectivity index (χ0v) is 5.76. The van der Waals surface area contributed by atoms with Gasteiger partial charge in [0.25, 0.3) is 0 Å². The average Bonchev–Trinajstić information content (AvgIpc) is 1.89. The number of aliphatic imine (C=N–C) groups is 1. The minimum Gasteiger partial charge on any atom is -0.355 e. The van der Waals surface area contributed by atoms with E-state index in [1.54, 1.807) is 0 Å². The summed E-state index contributed by atoms with van der Waals surface area (Å²) >= 11 is 0. The van der Waals surface area contributed by atoms with Crippen LogP contribution >= 0.6 is 0 Å². The van der Waals surface area contributed by atoms with E-state index in [1.165, 1.54) is 6.08 Å². The van der Waals surface area contributed by atoms with Crippen LogP contribution in [0.3, 0.4) is 0 Å². The Balaban J connectivity index is 3.16. The van der Waals surface area contributed by atoms with Gasteiger partial charge in [-0.05, 0) is 13.3 Å². The number of carbonyl (C=O) groups excluding carboxylic acids is 1. The molecule has 0 saturated carbocycles. The summed E-state index contributed by atoms with van der Waals surface area (Å²) in [6, 6.07) is 0. The van der Waals surface area contributed by atoms with Crippen LogP contribution in [0.4, 0.5) is 0 Å². The van der Waals surface area contributed by atoms with Crippen molar-refractivity contribution in [1.82, 2.24) is 0 Å². The van der Waals surface area contributed by atoms with E-state index >= 15 is 0 Å². The highest BCUT2D eigenvalue weighted by molar-refractivity contribution is 5.32. The van der Waals surface area contributed by atoms with E-state index in [4.69, 9.17) is 4.74 Å². The molecule has 9 heavy (non-hydrogen) atoms. The Hall–Kier alpha value is -0.660. The highest BCUT2D eigenvalue weighted by Crippen LogP contribution is 1.93. The molecule has 0 bridgehead atoms. The molecule has 3 heteroatoms. The Morgan fingerprint density at radius 3 is 2.89 bits per heavy atom. The van der Waals surface area contributed by atoms with Crippen molar-refractivity contribution in [2.75, 3.05) is 6.73 Å². The molecule has 0 aromatic carbocycles. The molecule has 0 N–H and O–H groups in total. The number of hydrogen-bond acceptors (Lipinski definition) is 3. The van der Waals surface area contributed by atoms with E-state index in [1.807, 2.05) is 13.8 Å². The highest BCUT2D eigenvalue weighted by Gasteiger charge is 1.94. The van der Waals surface area contributed by atoms with E-state index in [0.717, 1.165) is 6.42 Å². The topological polar surface area (TPSA) is 38.7 Å². The summed E-state index contributed by atoms with van der Waals surface area (Å²) in [6.45, 7) is 4.08. The van der Waals surface area contributed by atoms with Crippen molar-refractivity contribution in [3.8, 4) is 0 Å². The standard InChI is InChI=1S/C6H11NO2/c1-3-6(2)9-5-7-4-8/h6H,3,5H2,1-2H3. The van der Waals surface area contributed by atoms with E-state index in [2.05, 4.69) is 4.99 Å². The Labute approximate surface area is 54.7 Å². The molecule has 0 fully saturated rings. The van der Waals surface area contributed by atoms with Gasteiger partial charge in [-0.3, -0.25) is 0 Å². The van der Waals surface area contributed by atoms with Crippen molar-refractivity contribution in [2.45, 2.75) is 26.4 Å². The van der Waals surface area contributed by atoms with E-state index in [0.29, 0.717) is 0 Å². The molecule has 0 radical (unpaired) electrons. The van der Waals surface area contributed by atoms with Gasteiger partial charge < -0.3 is 4.74 Å². The van der Waals surface area contributed by atoms with Crippen LogP contribution in [0.5, 0.6) is 0 Å². The molecule has 3 nitrogen and oxygen atoms in total.